The number of nitrogens with two attached hydrogens (primary N) is 1. The lowest BCUT2D eigenvalue weighted by atomic mass is 9.92. The van der Waals surface area contributed by atoms with Crippen molar-refractivity contribution in [3.8, 4) is 0 Å². The van der Waals surface area contributed by atoms with Gasteiger partial charge in [0.05, 0.1) is 6.04 Å². The predicted molar refractivity (Wildman–Crippen MR) is 78.8 cm³/mol. The number of halogens is 2. The Kier molecular flexibility index (Phi) is 6.58. The normalized spacial score (nSPS) is 17.4. The van der Waals surface area contributed by atoms with Gasteiger partial charge in [-0.25, -0.2) is 0 Å². The topological polar surface area (TPSA) is 64.4 Å². The molecule has 1 saturated heterocycles. The third kappa shape index (κ3) is 4.66. The first-order chi connectivity index (χ1) is 8.66. The molecule has 2 rings (SSSR count). The van der Waals surface area contributed by atoms with Crippen molar-refractivity contribution in [3.05, 3.63) is 29.3 Å². The molecule has 106 valence electrons. The monoisotopic (exact) mass is 304 g/mol. The molecule has 19 heavy (non-hydrogen) atoms. The number of hydrogen-bond donors (Lipinski definition) is 2. The number of hydrogen-bond acceptors (Lipinski definition) is 3. The molecule has 0 saturated carbocycles. The van der Waals surface area contributed by atoms with Crippen molar-refractivity contribution < 1.29 is 9.53 Å². The minimum Gasteiger partial charge on any atom is -0.381 e. The second-order valence-electron chi connectivity index (χ2n) is 4.48. The Balaban J connectivity index is 0.00000180. The van der Waals surface area contributed by atoms with Crippen LogP contribution in [0, 0.1) is 5.92 Å². The maximum atomic E-state index is 12.0. The zero-order valence-corrected chi connectivity index (χ0v) is 12.0. The van der Waals surface area contributed by atoms with Crippen molar-refractivity contribution >= 4 is 35.6 Å². The molecule has 1 aliphatic heterocycles. The molecule has 1 heterocycles. The van der Waals surface area contributed by atoms with Crippen LogP contribution in [0.3, 0.4) is 0 Å². The first-order valence-electron chi connectivity index (χ1n) is 6.06. The van der Waals surface area contributed by atoms with Crippen LogP contribution in [0.25, 0.3) is 0 Å². The molecule has 0 aliphatic carbocycles. The van der Waals surface area contributed by atoms with Crippen LogP contribution in [0.1, 0.15) is 12.8 Å². The summed E-state index contributed by atoms with van der Waals surface area (Å²) < 4.78 is 5.26. The quantitative estimate of drug-likeness (QED) is 0.901. The molecular weight excluding hydrogens is 287 g/mol. The molecule has 0 aromatic heterocycles. The van der Waals surface area contributed by atoms with Gasteiger partial charge in [0.15, 0.2) is 0 Å². The molecule has 1 aromatic rings. The van der Waals surface area contributed by atoms with Gasteiger partial charge in [-0.1, -0.05) is 17.7 Å². The summed E-state index contributed by atoms with van der Waals surface area (Å²) in [5.41, 5.74) is 6.65. The van der Waals surface area contributed by atoms with Gasteiger partial charge < -0.3 is 15.8 Å². The first kappa shape index (κ1) is 16.2. The van der Waals surface area contributed by atoms with Crippen molar-refractivity contribution in [1.82, 2.24) is 0 Å². The third-order valence-corrected chi connectivity index (χ3v) is 3.40. The summed E-state index contributed by atoms with van der Waals surface area (Å²) in [6.07, 6.45) is 1.67. The second kappa shape index (κ2) is 7.70. The summed E-state index contributed by atoms with van der Waals surface area (Å²) in [5, 5.41) is 3.38. The maximum Gasteiger partial charge on any atom is 0.241 e. The van der Waals surface area contributed by atoms with Gasteiger partial charge in [-0.2, -0.15) is 0 Å². The number of rotatable bonds is 3. The molecular formula is C13H18Cl2N2O2. The first-order valence-corrected chi connectivity index (χ1v) is 6.44. The molecule has 3 N–H and O–H groups in total. The average molecular weight is 305 g/mol. The lowest BCUT2D eigenvalue weighted by Crippen LogP contribution is -2.43. The molecule has 4 nitrogen and oxygen atoms in total. The molecule has 1 aromatic carbocycles. The number of carbonyl (C=O) groups is 1. The molecule has 0 bridgehead atoms. The number of ether oxygens (including phenoxy) is 1. The second-order valence-corrected chi connectivity index (χ2v) is 4.91. The predicted octanol–water partition coefficient (Wildman–Crippen LogP) is 2.45. The zero-order chi connectivity index (χ0) is 13.0. The number of anilines is 1. The molecule has 0 spiro atoms. The van der Waals surface area contributed by atoms with E-state index < -0.39 is 6.04 Å². The SMILES string of the molecule is Cl.NC(C(=O)Nc1cccc(Cl)c1)C1CCOCC1. The summed E-state index contributed by atoms with van der Waals surface area (Å²) in [4.78, 5) is 12.0. The fraction of sp³-hybridized carbons (Fsp3) is 0.462. The van der Waals surface area contributed by atoms with Gasteiger partial charge in [0.25, 0.3) is 0 Å². The van der Waals surface area contributed by atoms with Crippen LogP contribution in [-0.2, 0) is 9.53 Å². The van der Waals surface area contributed by atoms with Crippen molar-refractivity contribution in [2.75, 3.05) is 18.5 Å². The smallest absolute Gasteiger partial charge is 0.241 e. The van der Waals surface area contributed by atoms with E-state index in [0.717, 1.165) is 12.8 Å². The standard InChI is InChI=1S/C13H17ClN2O2.ClH/c14-10-2-1-3-11(8-10)16-13(17)12(15)9-4-6-18-7-5-9;/h1-3,8-9,12H,4-7,15H2,(H,16,17);1H. The molecule has 1 aliphatic rings. The fourth-order valence-corrected chi connectivity index (χ4v) is 2.27. The van der Waals surface area contributed by atoms with E-state index in [2.05, 4.69) is 5.32 Å². The van der Waals surface area contributed by atoms with E-state index in [1.54, 1.807) is 24.3 Å². The fourth-order valence-electron chi connectivity index (χ4n) is 2.08. The van der Waals surface area contributed by atoms with Crippen LogP contribution in [0.2, 0.25) is 5.02 Å². The molecule has 6 heteroatoms. The minimum absolute atomic E-state index is 0. The van der Waals surface area contributed by atoms with E-state index in [4.69, 9.17) is 22.1 Å². The Bertz CT molecular complexity index is 423. The van der Waals surface area contributed by atoms with Crippen LogP contribution in [-0.4, -0.2) is 25.2 Å². The van der Waals surface area contributed by atoms with Crippen LogP contribution < -0.4 is 11.1 Å². The number of amides is 1. The highest BCUT2D eigenvalue weighted by Gasteiger charge is 2.26. The largest absolute Gasteiger partial charge is 0.381 e. The van der Waals surface area contributed by atoms with Crippen LogP contribution in [0.4, 0.5) is 5.69 Å². The van der Waals surface area contributed by atoms with E-state index >= 15 is 0 Å². The highest BCUT2D eigenvalue weighted by atomic mass is 35.5. The molecule has 1 atom stereocenters. The number of nitrogens with one attached hydrogen (secondary N) is 1. The summed E-state index contributed by atoms with van der Waals surface area (Å²) in [5.74, 6) is 0.0297. The summed E-state index contributed by atoms with van der Waals surface area (Å²) in [7, 11) is 0. The Morgan fingerprint density at radius 2 is 2.11 bits per heavy atom. The van der Waals surface area contributed by atoms with Gasteiger partial charge >= 0.3 is 0 Å². The lowest BCUT2D eigenvalue weighted by Gasteiger charge is -2.26. The van der Waals surface area contributed by atoms with Gasteiger partial charge in [-0.05, 0) is 37.0 Å². The maximum absolute atomic E-state index is 12.0. The summed E-state index contributed by atoms with van der Waals surface area (Å²) in [6.45, 7) is 1.37. The number of carbonyl (C=O) groups excluding carboxylic acids is 1. The average Bonchev–Trinajstić information content (AvgIpc) is 2.39. The molecule has 0 radical (unpaired) electrons. The van der Waals surface area contributed by atoms with Crippen molar-refractivity contribution in [1.29, 1.82) is 0 Å². The zero-order valence-electron chi connectivity index (χ0n) is 10.5. The Hall–Kier alpha value is -0.810. The summed E-state index contributed by atoms with van der Waals surface area (Å²) in [6, 6.07) is 6.55. The van der Waals surface area contributed by atoms with Gasteiger partial charge in [0, 0.05) is 23.9 Å². The highest BCUT2D eigenvalue weighted by Crippen LogP contribution is 2.20. The van der Waals surface area contributed by atoms with Crippen LogP contribution >= 0.6 is 24.0 Å². The third-order valence-electron chi connectivity index (χ3n) is 3.17. The van der Waals surface area contributed by atoms with Crippen LogP contribution in [0.15, 0.2) is 24.3 Å². The van der Waals surface area contributed by atoms with Gasteiger partial charge in [-0.3, -0.25) is 4.79 Å². The van der Waals surface area contributed by atoms with Crippen molar-refractivity contribution in [2.45, 2.75) is 18.9 Å². The van der Waals surface area contributed by atoms with Gasteiger partial charge in [0.2, 0.25) is 5.91 Å². The van der Waals surface area contributed by atoms with E-state index in [1.807, 2.05) is 0 Å². The molecule has 1 unspecified atom stereocenters. The van der Waals surface area contributed by atoms with Crippen molar-refractivity contribution in [3.63, 3.8) is 0 Å². The van der Waals surface area contributed by atoms with Gasteiger partial charge in [0.1, 0.15) is 0 Å². The van der Waals surface area contributed by atoms with Crippen molar-refractivity contribution in [2.24, 2.45) is 11.7 Å². The highest BCUT2D eigenvalue weighted by molar-refractivity contribution is 6.30. The van der Waals surface area contributed by atoms with Crippen LogP contribution in [0.5, 0.6) is 0 Å². The Morgan fingerprint density at radius 3 is 2.74 bits per heavy atom. The lowest BCUT2D eigenvalue weighted by molar-refractivity contribution is -0.119. The van der Waals surface area contributed by atoms with E-state index in [0.29, 0.717) is 23.9 Å². The molecule has 1 amide bonds. The van der Waals surface area contributed by atoms with Gasteiger partial charge in [-0.15, -0.1) is 12.4 Å². The van der Waals surface area contributed by atoms with E-state index in [9.17, 15) is 4.79 Å². The Labute approximate surface area is 124 Å². The Morgan fingerprint density at radius 1 is 1.42 bits per heavy atom. The van der Waals surface area contributed by atoms with E-state index in [1.165, 1.54) is 0 Å². The minimum atomic E-state index is -0.493. The van der Waals surface area contributed by atoms with E-state index in [-0.39, 0.29) is 24.2 Å². The summed E-state index contributed by atoms with van der Waals surface area (Å²) >= 11 is 5.86. The number of benzene rings is 1. The molecule has 1 fully saturated rings.